The van der Waals surface area contributed by atoms with Crippen molar-refractivity contribution in [1.29, 1.82) is 0 Å². The summed E-state index contributed by atoms with van der Waals surface area (Å²) >= 11 is 0. The van der Waals surface area contributed by atoms with Crippen LogP contribution in [0.3, 0.4) is 0 Å². The summed E-state index contributed by atoms with van der Waals surface area (Å²) in [4.78, 5) is 24.2. The number of nitrogens with one attached hydrogen (secondary N) is 3. The second-order valence-corrected chi connectivity index (χ2v) is 8.18. The molecule has 0 unspecified atom stereocenters. The molecule has 180 valence electrons. The molecular weight excluding hydrogens is 464 g/mol. The number of methoxy groups -OCH3 is 1. The first-order chi connectivity index (χ1) is 15.5. The Morgan fingerprint density at radius 1 is 1.03 bits per heavy atom. The zero-order valence-electron chi connectivity index (χ0n) is 18.0. The fraction of sp³-hybridized carbons (Fsp3) is 0.300. The summed E-state index contributed by atoms with van der Waals surface area (Å²) in [6.45, 7) is 3.49. The van der Waals surface area contributed by atoms with Gasteiger partial charge in [0.05, 0.1) is 25.5 Å². The molecule has 0 atom stereocenters. The average molecular weight is 487 g/mol. The van der Waals surface area contributed by atoms with Gasteiger partial charge in [-0.05, 0) is 44.2 Å². The molecule has 2 aromatic rings. The molecule has 3 N–H and O–H groups in total. The van der Waals surface area contributed by atoms with Crippen molar-refractivity contribution in [3.8, 4) is 5.75 Å². The highest BCUT2D eigenvalue weighted by Gasteiger charge is 2.19. The minimum Gasteiger partial charge on any atom is -0.495 e. The number of halogens is 2. The fourth-order valence-electron chi connectivity index (χ4n) is 2.43. The minimum absolute atomic E-state index is 0.0114. The van der Waals surface area contributed by atoms with E-state index in [4.69, 9.17) is 14.2 Å². The highest BCUT2D eigenvalue weighted by Crippen LogP contribution is 2.27. The van der Waals surface area contributed by atoms with E-state index in [0.717, 1.165) is 24.3 Å². The van der Waals surface area contributed by atoms with E-state index >= 15 is 0 Å². The summed E-state index contributed by atoms with van der Waals surface area (Å²) in [5, 5.41) is 2.36. The predicted molar refractivity (Wildman–Crippen MR) is 115 cm³/mol. The second kappa shape index (κ2) is 11.4. The summed E-state index contributed by atoms with van der Waals surface area (Å²) in [5.74, 6) is -2.91. The number of ether oxygens (including phenoxy) is 3. The molecule has 0 fully saturated rings. The first kappa shape index (κ1) is 25.8. The summed E-state index contributed by atoms with van der Waals surface area (Å²) in [7, 11) is -3.18. The Hall–Kier alpha value is -3.45. The van der Waals surface area contributed by atoms with Crippen molar-refractivity contribution in [2.75, 3.05) is 30.4 Å². The first-order valence-corrected chi connectivity index (χ1v) is 11.0. The molecule has 2 rings (SSSR count). The minimum atomic E-state index is -4.45. The smallest absolute Gasteiger partial charge is 0.422 e. The van der Waals surface area contributed by atoms with E-state index in [9.17, 15) is 26.8 Å². The number of amides is 2. The molecule has 0 saturated carbocycles. The van der Waals surface area contributed by atoms with Crippen LogP contribution in [0.4, 0.5) is 25.0 Å². The number of rotatable bonds is 10. The summed E-state index contributed by atoms with van der Waals surface area (Å²) in [6, 6.07) is 6.56. The third-order valence-electron chi connectivity index (χ3n) is 3.87. The van der Waals surface area contributed by atoms with E-state index in [1.165, 1.54) is 19.2 Å². The molecule has 33 heavy (non-hydrogen) atoms. The molecule has 0 bridgehead atoms. The van der Waals surface area contributed by atoms with Crippen LogP contribution < -0.4 is 19.5 Å². The van der Waals surface area contributed by atoms with Gasteiger partial charge in [0.25, 0.3) is 5.91 Å². The van der Waals surface area contributed by atoms with E-state index in [2.05, 4.69) is 10.0 Å². The highest BCUT2D eigenvalue weighted by atomic mass is 32.2. The van der Waals surface area contributed by atoms with Crippen molar-refractivity contribution in [2.45, 2.75) is 20.0 Å². The standard InChI is InChI=1S/C20H23F2N3O7S/c1-12(2)31-8-9-32-20(27)25-33(28,29)24-17-10-13(4-7-18(17)30-3)19(26)23-14-5-6-15(21)16(22)11-14/h4-7,10-12,24H,8-9H2,1-3H3,(H,23,26)(H,25,27). The zero-order valence-corrected chi connectivity index (χ0v) is 18.8. The Morgan fingerprint density at radius 2 is 1.76 bits per heavy atom. The number of hydrogen-bond acceptors (Lipinski definition) is 7. The lowest BCUT2D eigenvalue weighted by Crippen LogP contribution is -2.36. The molecular formula is C20H23F2N3O7S. The highest BCUT2D eigenvalue weighted by molar-refractivity contribution is 7.91. The molecule has 0 aromatic heterocycles. The lowest BCUT2D eigenvalue weighted by molar-refractivity contribution is 0.0408. The predicted octanol–water partition coefficient (Wildman–Crippen LogP) is 3.03. The van der Waals surface area contributed by atoms with Gasteiger partial charge < -0.3 is 19.5 Å². The van der Waals surface area contributed by atoms with Gasteiger partial charge in [0, 0.05) is 17.3 Å². The van der Waals surface area contributed by atoms with E-state index in [0.29, 0.717) is 0 Å². The topological polar surface area (TPSA) is 132 Å². The zero-order chi connectivity index (χ0) is 24.6. The Balaban J connectivity index is 2.09. The maximum Gasteiger partial charge on any atom is 0.422 e. The van der Waals surface area contributed by atoms with Gasteiger partial charge in [0.15, 0.2) is 11.6 Å². The van der Waals surface area contributed by atoms with E-state index in [-0.39, 0.29) is 42.0 Å². The number of carbonyl (C=O) groups is 2. The van der Waals surface area contributed by atoms with Crippen LogP contribution in [0.25, 0.3) is 0 Å². The normalized spacial score (nSPS) is 11.1. The summed E-state index contributed by atoms with van der Waals surface area (Å²) < 4.78 is 69.6. The van der Waals surface area contributed by atoms with Crippen molar-refractivity contribution >= 4 is 33.6 Å². The van der Waals surface area contributed by atoms with Crippen LogP contribution in [0.1, 0.15) is 24.2 Å². The van der Waals surface area contributed by atoms with Crippen LogP contribution >= 0.6 is 0 Å². The van der Waals surface area contributed by atoms with Gasteiger partial charge in [-0.15, -0.1) is 0 Å². The van der Waals surface area contributed by atoms with Crippen molar-refractivity contribution < 1.29 is 41.0 Å². The Kier molecular flexibility index (Phi) is 8.94. The SMILES string of the molecule is COc1ccc(C(=O)Nc2ccc(F)c(F)c2)cc1NS(=O)(=O)NC(=O)OCCOC(C)C. The Morgan fingerprint density at radius 3 is 2.39 bits per heavy atom. The number of carbonyl (C=O) groups excluding carboxylic acids is 2. The largest absolute Gasteiger partial charge is 0.495 e. The maximum atomic E-state index is 13.3. The van der Waals surface area contributed by atoms with Crippen molar-refractivity contribution in [1.82, 2.24) is 4.72 Å². The van der Waals surface area contributed by atoms with Gasteiger partial charge in [0.2, 0.25) is 0 Å². The van der Waals surface area contributed by atoms with Gasteiger partial charge in [-0.3, -0.25) is 9.52 Å². The number of hydrogen-bond donors (Lipinski definition) is 3. The molecule has 0 spiro atoms. The first-order valence-electron chi connectivity index (χ1n) is 9.54. The van der Waals surface area contributed by atoms with Gasteiger partial charge >= 0.3 is 16.3 Å². The maximum absolute atomic E-state index is 13.3. The van der Waals surface area contributed by atoms with Crippen LogP contribution in [0.2, 0.25) is 0 Å². The van der Waals surface area contributed by atoms with E-state index in [1.807, 2.05) is 0 Å². The summed E-state index contributed by atoms with van der Waals surface area (Å²) in [6.07, 6.45) is -1.32. The lowest BCUT2D eigenvalue weighted by atomic mass is 10.1. The van der Waals surface area contributed by atoms with Gasteiger partial charge in [0.1, 0.15) is 12.4 Å². The molecule has 0 heterocycles. The number of benzene rings is 2. The number of anilines is 2. The van der Waals surface area contributed by atoms with E-state index in [1.54, 1.807) is 18.6 Å². The fourth-order valence-corrected chi connectivity index (χ4v) is 3.21. The third-order valence-corrected chi connectivity index (χ3v) is 4.79. The van der Waals surface area contributed by atoms with Crippen molar-refractivity contribution in [3.05, 3.63) is 53.6 Å². The molecule has 10 nitrogen and oxygen atoms in total. The van der Waals surface area contributed by atoms with Crippen molar-refractivity contribution in [3.63, 3.8) is 0 Å². The molecule has 0 aliphatic heterocycles. The average Bonchev–Trinajstić information content (AvgIpc) is 2.73. The molecule has 2 aromatic carbocycles. The quantitative estimate of drug-likeness (QED) is 0.439. The third kappa shape index (κ3) is 8.20. The lowest BCUT2D eigenvalue weighted by Gasteiger charge is -2.14. The van der Waals surface area contributed by atoms with Gasteiger partial charge in [-0.25, -0.2) is 18.3 Å². The molecule has 13 heteroatoms. The molecule has 0 radical (unpaired) electrons. The van der Waals surface area contributed by atoms with Gasteiger partial charge in [-0.1, -0.05) is 0 Å². The van der Waals surface area contributed by atoms with E-state index < -0.39 is 33.8 Å². The van der Waals surface area contributed by atoms with Crippen LogP contribution in [0.5, 0.6) is 5.75 Å². The second-order valence-electron chi connectivity index (χ2n) is 6.76. The Bertz CT molecular complexity index is 1110. The molecule has 0 aliphatic carbocycles. The molecule has 0 saturated heterocycles. The van der Waals surface area contributed by atoms with Crippen molar-refractivity contribution in [2.24, 2.45) is 0 Å². The molecule has 0 aliphatic rings. The van der Waals surface area contributed by atoms with Crippen LogP contribution in [0, 0.1) is 11.6 Å². The summed E-state index contributed by atoms with van der Waals surface area (Å²) in [5.41, 5.74) is -0.215. The van der Waals surface area contributed by atoms with Crippen LogP contribution in [0.15, 0.2) is 36.4 Å². The molecule has 2 amide bonds. The van der Waals surface area contributed by atoms with Crippen LogP contribution in [-0.2, 0) is 19.7 Å². The van der Waals surface area contributed by atoms with Crippen LogP contribution in [-0.4, -0.2) is 46.8 Å². The Labute approximate surface area is 189 Å². The monoisotopic (exact) mass is 487 g/mol. The van der Waals surface area contributed by atoms with Gasteiger partial charge in [-0.2, -0.15) is 8.42 Å².